The first kappa shape index (κ1) is 15.3. The molecule has 23 heavy (non-hydrogen) atoms. The van der Waals surface area contributed by atoms with Crippen molar-refractivity contribution in [3.05, 3.63) is 59.9 Å². The van der Waals surface area contributed by atoms with Crippen LogP contribution in [0.1, 0.15) is 24.0 Å². The molecule has 3 rings (SSSR count). The van der Waals surface area contributed by atoms with E-state index < -0.39 is 0 Å². The van der Waals surface area contributed by atoms with Crippen LogP contribution in [0.5, 0.6) is 0 Å². The van der Waals surface area contributed by atoms with Crippen molar-refractivity contribution in [1.82, 2.24) is 15.6 Å². The minimum Gasteiger partial charge on any atom is -0.371 e. The Labute approximate surface area is 136 Å². The maximum Gasteiger partial charge on any atom is 0.315 e. The quantitative estimate of drug-likeness (QED) is 0.893. The maximum atomic E-state index is 12.0. The summed E-state index contributed by atoms with van der Waals surface area (Å²) in [6, 6.07) is 11.9. The molecule has 2 heterocycles. The van der Waals surface area contributed by atoms with Gasteiger partial charge >= 0.3 is 6.03 Å². The minimum absolute atomic E-state index is 0.162. The summed E-state index contributed by atoms with van der Waals surface area (Å²) >= 11 is 0. The Hall–Kier alpha value is -2.56. The lowest BCUT2D eigenvalue weighted by Crippen LogP contribution is -2.35. The molecule has 0 atom stereocenters. The predicted molar refractivity (Wildman–Crippen MR) is 91.2 cm³/mol. The highest BCUT2D eigenvalue weighted by Gasteiger charge is 2.15. The van der Waals surface area contributed by atoms with Crippen LogP contribution in [0.25, 0.3) is 0 Å². The number of aromatic nitrogens is 1. The van der Waals surface area contributed by atoms with Gasteiger partial charge in [0.15, 0.2) is 0 Å². The predicted octanol–water partition coefficient (Wildman–Crippen LogP) is 2.68. The van der Waals surface area contributed by atoms with Crippen molar-refractivity contribution in [2.75, 3.05) is 18.0 Å². The molecule has 2 aromatic rings. The van der Waals surface area contributed by atoms with E-state index in [0.717, 1.165) is 24.2 Å². The zero-order chi connectivity index (χ0) is 15.9. The molecule has 120 valence electrons. The number of benzene rings is 1. The Morgan fingerprint density at radius 1 is 1.04 bits per heavy atom. The second-order valence-corrected chi connectivity index (χ2v) is 5.72. The molecule has 1 saturated heterocycles. The SMILES string of the molecule is O=C(NCc1cccnc1)NCc1ccccc1N1CCCC1. The molecule has 0 bridgehead atoms. The second-order valence-electron chi connectivity index (χ2n) is 5.72. The van der Waals surface area contributed by atoms with E-state index in [-0.39, 0.29) is 6.03 Å². The van der Waals surface area contributed by atoms with Crippen molar-refractivity contribution in [2.24, 2.45) is 0 Å². The second kappa shape index (κ2) is 7.63. The fourth-order valence-electron chi connectivity index (χ4n) is 2.85. The Morgan fingerprint density at radius 3 is 2.61 bits per heavy atom. The molecule has 0 spiro atoms. The smallest absolute Gasteiger partial charge is 0.315 e. The molecule has 1 aromatic heterocycles. The van der Waals surface area contributed by atoms with Crippen LogP contribution in [-0.4, -0.2) is 24.1 Å². The number of nitrogens with zero attached hydrogens (tertiary/aromatic N) is 2. The zero-order valence-electron chi connectivity index (χ0n) is 13.2. The lowest BCUT2D eigenvalue weighted by molar-refractivity contribution is 0.240. The van der Waals surface area contributed by atoms with Gasteiger partial charge in [0.05, 0.1) is 0 Å². The van der Waals surface area contributed by atoms with Crippen LogP contribution in [0, 0.1) is 0 Å². The largest absolute Gasteiger partial charge is 0.371 e. The van der Waals surface area contributed by atoms with Gasteiger partial charge in [-0.05, 0) is 36.1 Å². The molecule has 2 amide bonds. The first-order valence-electron chi connectivity index (χ1n) is 8.06. The Morgan fingerprint density at radius 2 is 1.83 bits per heavy atom. The highest BCUT2D eigenvalue weighted by Crippen LogP contribution is 2.24. The van der Waals surface area contributed by atoms with E-state index in [1.807, 2.05) is 18.2 Å². The fourth-order valence-corrected chi connectivity index (χ4v) is 2.85. The van der Waals surface area contributed by atoms with Gasteiger partial charge in [0.2, 0.25) is 0 Å². The van der Waals surface area contributed by atoms with Crippen molar-refractivity contribution in [2.45, 2.75) is 25.9 Å². The number of pyridine rings is 1. The van der Waals surface area contributed by atoms with Gasteiger partial charge in [-0.2, -0.15) is 0 Å². The number of carbonyl (C=O) groups is 1. The third-order valence-electron chi connectivity index (χ3n) is 4.05. The highest BCUT2D eigenvalue weighted by molar-refractivity contribution is 5.74. The number of para-hydroxylation sites is 1. The summed E-state index contributed by atoms with van der Waals surface area (Å²) in [4.78, 5) is 18.4. The molecule has 1 aliphatic heterocycles. The van der Waals surface area contributed by atoms with Crippen molar-refractivity contribution in [1.29, 1.82) is 0 Å². The third-order valence-corrected chi connectivity index (χ3v) is 4.05. The number of amides is 2. The fraction of sp³-hybridized carbons (Fsp3) is 0.333. The molecule has 2 N–H and O–H groups in total. The van der Waals surface area contributed by atoms with Crippen molar-refractivity contribution >= 4 is 11.7 Å². The van der Waals surface area contributed by atoms with E-state index in [2.05, 4.69) is 38.7 Å². The average molecular weight is 310 g/mol. The summed E-state index contributed by atoms with van der Waals surface area (Å²) in [5.74, 6) is 0. The summed E-state index contributed by atoms with van der Waals surface area (Å²) in [7, 11) is 0. The Bertz CT molecular complexity index is 638. The first-order valence-corrected chi connectivity index (χ1v) is 8.06. The number of nitrogens with one attached hydrogen (secondary N) is 2. The molecular formula is C18H22N4O. The molecule has 1 aromatic carbocycles. The number of carbonyl (C=O) groups excluding carboxylic acids is 1. The van der Waals surface area contributed by atoms with Crippen molar-refractivity contribution < 1.29 is 4.79 Å². The lowest BCUT2D eigenvalue weighted by Gasteiger charge is -2.21. The molecule has 5 nitrogen and oxygen atoms in total. The molecule has 0 unspecified atom stereocenters. The molecule has 1 fully saturated rings. The van der Waals surface area contributed by atoms with E-state index in [9.17, 15) is 4.79 Å². The van der Waals surface area contributed by atoms with E-state index >= 15 is 0 Å². The summed E-state index contributed by atoms with van der Waals surface area (Å²) in [6.45, 7) is 3.22. The zero-order valence-corrected chi connectivity index (χ0v) is 13.2. The minimum atomic E-state index is -0.162. The average Bonchev–Trinajstić information content (AvgIpc) is 3.14. The van der Waals surface area contributed by atoms with Gasteiger partial charge in [0.25, 0.3) is 0 Å². The molecular weight excluding hydrogens is 288 g/mol. The van der Waals surface area contributed by atoms with Crippen LogP contribution in [-0.2, 0) is 13.1 Å². The van der Waals surface area contributed by atoms with Gasteiger partial charge in [0.1, 0.15) is 0 Å². The van der Waals surface area contributed by atoms with Crippen LogP contribution >= 0.6 is 0 Å². The summed E-state index contributed by atoms with van der Waals surface area (Å²) in [5.41, 5.74) is 3.38. The number of anilines is 1. The van der Waals surface area contributed by atoms with E-state index in [4.69, 9.17) is 0 Å². The van der Waals surface area contributed by atoms with E-state index in [0.29, 0.717) is 13.1 Å². The van der Waals surface area contributed by atoms with Gasteiger partial charge in [-0.3, -0.25) is 4.98 Å². The molecule has 0 saturated carbocycles. The number of rotatable bonds is 5. The molecule has 0 aliphatic carbocycles. The molecule has 0 radical (unpaired) electrons. The standard InChI is InChI=1S/C18H22N4O/c23-18(20-13-15-6-5-9-19-12-15)21-14-16-7-1-2-8-17(16)22-10-3-4-11-22/h1-2,5-9,12H,3-4,10-11,13-14H2,(H2,20,21,23). The van der Waals surface area contributed by atoms with Crippen LogP contribution in [0.4, 0.5) is 10.5 Å². The van der Waals surface area contributed by atoms with Crippen LogP contribution in [0.3, 0.4) is 0 Å². The molecule has 5 heteroatoms. The normalized spacial score (nSPS) is 13.8. The summed E-state index contributed by atoms with van der Waals surface area (Å²) < 4.78 is 0. The first-order chi connectivity index (χ1) is 11.3. The topological polar surface area (TPSA) is 57.3 Å². The monoisotopic (exact) mass is 310 g/mol. The van der Waals surface area contributed by atoms with Crippen LogP contribution in [0.15, 0.2) is 48.8 Å². The van der Waals surface area contributed by atoms with E-state index in [1.165, 1.54) is 18.5 Å². The van der Waals surface area contributed by atoms with Crippen LogP contribution < -0.4 is 15.5 Å². The van der Waals surface area contributed by atoms with Gasteiger partial charge in [0, 0.05) is 44.3 Å². The highest BCUT2D eigenvalue weighted by atomic mass is 16.2. The van der Waals surface area contributed by atoms with Crippen molar-refractivity contribution in [3.8, 4) is 0 Å². The van der Waals surface area contributed by atoms with Crippen molar-refractivity contribution in [3.63, 3.8) is 0 Å². The van der Waals surface area contributed by atoms with Gasteiger partial charge in [-0.1, -0.05) is 24.3 Å². The third kappa shape index (κ3) is 4.22. The van der Waals surface area contributed by atoms with Gasteiger partial charge in [-0.15, -0.1) is 0 Å². The van der Waals surface area contributed by atoms with E-state index in [1.54, 1.807) is 12.4 Å². The Balaban J connectivity index is 1.53. The number of urea groups is 1. The summed E-state index contributed by atoms with van der Waals surface area (Å²) in [6.07, 6.45) is 5.96. The van der Waals surface area contributed by atoms with Gasteiger partial charge < -0.3 is 15.5 Å². The summed E-state index contributed by atoms with van der Waals surface area (Å²) in [5, 5.41) is 5.79. The van der Waals surface area contributed by atoms with Gasteiger partial charge in [-0.25, -0.2) is 4.79 Å². The number of hydrogen-bond donors (Lipinski definition) is 2. The van der Waals surface area contributed by atoms with Crippen LogP contribution in [0.2, 0.25) is 0 Å². The number of hydrogen-bond acceptors (Lipinski definition) is 3. The molecule has 1 aliphatic rings. The Kier molecular flexibility index (Phi) is 5.09. The lowest BCUT2D eigenvalue weighted by atomic mass is 10.1. The maximum absolute atomic E-state index is 12.0.